The maximum absolute atomic E-state index is 12.7. The van der Waals surface area contributed by atoms with Gasteiger partial charge in [0.1, 0.15) is 10.6 Å². The second-order valence-corrected chi connectivity index (χ2v) is 9.20. The van der Waals surface area contributed by atoms with E-state index < -0.39 is 0 Å². The monoisotopic (exact) mass is 444 g/mol. The first kappa shape index (κ1) is 20.7. The van der Waals surface area contributed by atoms with Gasteiger partial charge in [0.2, 0.25) is 5.91 Å². The number of rotatable bonds is 6. The highest BCUT2D eigenvalue weighted by atomic mass is 32.2. The molecule has 4 rings (SSSR count). The summed E-state index contributed by atoms with van der Waals surface area (Å²) in [5.74, 6) is 2.25. The molecule has 0 aliphatic carbocycles. The van der Waals surface area contributed by atoms with Gasteiger partial charge in [-0.2, -0.15) is 0 Å². The average Bonchev–Trinajstić information content (AvgIpc) is 3.08. The molecule has 0 saturated heterocycles. The molecular weight excluding hydrogens is 420 g/mol. The van der Waals surface area contributed by atoms with Crippen molar-refractivity contribution in [3.05, 3.63) is 35.2 Å². The lowest BCUT2D eigenvalue weighted by molar-refractivity contribution is -0.119. The Bertz CT molecular complexity index is 1050. The van der Waals surface area contributed by atoms with E-state index in [1.165, 1.54) is 23.1 Å². The Balaban J connectivity index is 1.43. The molecular formula is C21H24N4O3S2. The van der Waals surface area contributed by atoms with Gasteiger partial charge >= 0.3 is 0 Å². The average molecular weight is 445 g/mol. The molecule has 30 heavy (non-hydrogen) atoms. The molecule has 0 unspecified atom stereocenters. The summed E-state index contributed by atoms with van der Waals surface area (Å²) >= 11 is 2.79. The summed E-state index contributed by atoms with van der Waals surface area (Å²) in [6.45, 7) is 5.44. The minimum atomic E-state index is -0.138. The Morgan fingerprint density at radius 2 is 2.03 bits per heavy atom. The first-order valence-electron chi connectivity index (χ1n) is 9.83. The van der Waals surface area contributed by atoms with Gasteiger partial charge in [0.05, 0.1) is 30.4 Å². The van der Waals surface area contributed by atoms with Gasteiger partial charge in [-0.05, 0) is 35.1 Å². The number of hydrogen-bond acceptors (Lipinski definition) is 8. The topological polar surface area (TPSA) is 99.4 Å². The molecule has 2 aromatic heterocycles. The number of amides is 1. The first-order valence-corrected chi connectivity index (χ1v) is 11.7. The first-order chi connectivity index (χ1) is 14.5. The number of aromatic nitrogens is 2. The van der Waals surface area contributed by atoms with Crippen LogP contribution in [0.2, 0.25) is 0 Å². The normalized spacial score (nSPS) is 14.5. The maximum Gasteiger partial charge on any atom is 0.230 e. The van der Waals surface area contributed by atoms with Crippen LogP contribution in [-0.2, 0) is 4.79 Å². The van der Waals surface area contributed by atoms with E-state index in [0.29, 0.717) is 24.2 Å². The number of nitrogens with two attached hydrogens (primary N) is 1. The summed E-state index contributed by atoms with van der Waals surface area (Å²) in [6, 6.07) is 7.63. The number of ether oxygens (including phenoxy) is 2. The second kappa shape index (κ2) is 9.09. The van der Waals surface area contributed by atoms with E-state index in [1.54, 1.807) is 0 Å². The minimum Gasteiger partial charge on any atom is -0.490 e. The van der Waals surface area contributed by atoms with Crippen LogP contribution in [0.5, 0.6) is 11.5 Å². The molecule has 1 amide bonds. The molecule has 0 spiro atoms. The lowest BCUT2D eigenvalue weighted by Gasteiger charge is -2.23. The van der Waals surface area contributed by atoms with Crippen LogP contribution in [-0.4, -0.2) is 34.8 Å². The molecule has 0 saturated carbocycles. The highest BCUT2D eigenvalue weighted by molar-refractivity contribution is 7.99. The van der Waals surface area contributed by atoms with Crippen LogP contribution in [0.15, 0.2) is 34.8 Å². The number of hydrogen-bond donors (Lipinski definition) is 2. The van der Waals surface area contributed by atoms with Gasteiger partial charge in [0.25, 0.3) is 0 Å². The van der Waals surface area contributed by atoms with Crippen molar-refractivity contribution < 1.29 is 14.3 Å². The Morgan fingerprint density at radius 3 is 2.83 bits per heavy atom. The fourth-order valence-electron chi connectivity index (χ4n) is 3.28. The predicted octanol–water partition coefficient (Wildman–Crippen LogP) is 4.04. The van der Waals surface area contributed by atoms with Crippen LogP contribution < -0.4 is 20.5 Å². The van der Waals surface area contributed by atoms with Crippen LogP contribution in [0.3, 0.4) is 0 Å². The zero-order valence-electron chi connectivity index (χ0n) is 16.9. The third-order valence-corrected chi connectivity index (χ3v) is 6.43. The third kappa shape index (κ3) is 4.62. The fourth-order valence-corrected chi connectivity index (χ4v) is 4.77. The zero-order chi connectivity index (χ0) is 21.1. The number of carbonyl (C=O) groups excluding carboxylic acids is 1. The molecule has 3 aromatic rings. The number of benzene rings is 1. The van der Waals surface area contributed by atoms with Crippen molar-refractivity contribution in [3.63, 3.8) is 0 Å². The summed E-state index contributed by atoms with van der Waals surface area (Å²) < 4.78 is 11.5. The van der Waals surface area contributed by atoms with Gasteiger partial charge in [-0.1, -0.05) is 31.7 Å². The number of fused-ring (bicyclic) bond motifs is 2. The van der Waals surface area contributed by atoms with Gasteiger partial charge in [0, 0.05) is 6.42 Å². The number of thioether (sulfide) groups is 1. The number of nitrogens with zero attached hydrogens (tertiary/aromatic N) is 2. The van der Waals surface area contributed by atoms with Gasteiger partial charge in [-0.15, -0.1) is 11.3 Å². The smallest absolute Gasteiger partial charge is 0.230 e. The van der Waals surface area contributed by atoms with E-state index in [0.717, 1.165) is 33.7 Å². The summed E-state index contributed by atoms with van der Waals surface area (Å²) in [7, 11) is 0. The van der Waals surface area contributed by atoms with Crippen molar-refractivity contribution in [2.45, 2.75) is 31.5 Å². The van der Waals surface area contributed by atoms with Gasteiger partial charge in [-0.3, -0.25) is 4.79 Å². The summed E-state index contributed by atoms with van der Waals surface area (Å²) in [4.78, 5) is 22.3. The lowest BCUT2D eigenvalue weighted by Crippen LogP contribution is -2.33. The van der Waals surface area contributed by atoms with Crippen LogP contribution in [0, 0.1) is 5.92 Å². The molecule has 9 heteroatoms. The molecule has 0 radical (unpaired) electrons. The summed E-state index contributed by atoms with van der Waals surface area (Å²) in [6.07, 6.45) is 0.857. The van der Waals surface area contributed by atoms with Crippen LogP contribution >= 0.6 is 23.1 Å². The van der Waals surface area contributed by atoms with Crippen molar-refractivity contribution in [1.29, 1.82) is 0 Å². The Morgan fingerprint density at radius 1 is 1.23 bits per heavy atom. The van der Waals surface area contributed by atoms with Crippen LogP contribution in [0.4, 0.5) is 5.82 Å². The minimum absolute atomic E-state index is 0.0840. The maximum atomic E-state index is 12.7. The van der Waals surface area contributed by atoms with E-state index >= 15 is 0 Å². The van der Waals surface area contributed by atoms with Crippen LogP contribution in [0.1, 0.15) is 31.9 Å². The molecule has 1 atom stereocenters. The number of thiophene rings is 1. The Hall–Kier alpha value is -2.52. The van der Waals surface area contributed by atoms with E-state index in [1.807, 2.05) is 29.6 Å². The van der Waals surface area contributed by atoms with E-state index in [9.17, 15) is 4.79 Å². The Kier molecular flexibility index (Phi) is 6.29. The number of nitrogens with one attached hydrogen (secondary N) is 1. The van der Waals surface area contributed by atoms with Crippen molar-refractivity contribution in [1.82, 2.24) is 15.3 Å². The van der Waals surface area contributed by atoms with Crippen molar-refractivity contribution in [3.8, 4) is 11.5 Å². The summed E-state index contributed by atoms with van der Waals surface area (Å²) in [5, 5.41) is 6.42. The highest BCUT2D eigenvalue weighted by Gasteiger charge is 2.21. The number of carbonyl (C=O) groups is 1. The van der Waals surface area contributed by atoms with Crippen LogP contribution in [0.25, 0.3) is 10.2 Å². The van der Waals surface area contributed by atoms with E-state index in [4.69, 9.17) is 15.2 Å². The number of nitrogen functional groups attached to an aromatic ring is 1. The summed E-state index contributed by atoms with van der Waals surface area (Å²) in [5.41, 5.74) is 6.98. The van der Waals surface area contributed by atoms with E-state index in [2.05, 4.69) is 29.1 Å². The molecule has 3 heterocycles. The highest BCUT2D eigenvalue weighted by Crippen LogP contribution is 2.34. The quantitative estimate of drug-likeness (QED) is 0.437. The lowest BCUT2D eigenvalue weighted by atomic mass is 9.95. The third-order valence-electron chi connectivity index (χ3n) is 4.78. The SMILES string of the molecule is CC(C)[C@@H](NC(=O)CSc1nc(N)c2ccsc2n1)c1ccc2c(c1)OCCCO2. The molecule has 1 aliphatic rings. The molecule has 158 valence electrons. The van der Waals surface area contributed by atoms with Crippen molar-refractivity contribution in [2.24, 2.45) is 5.92 Å². The predicted molar refractivity (Wildman–Crippen MR) is 120 cm³/mol. The molecule has 7 nitrogen and oxygen atoms in total. The second-order valence-electron chi connectivity index (χ2n) is 7.37. The Labute approximate surface area is 183 Å². The molecule has 0 bridgehead atoms. The van der Waals surface area contributed by atoms with Gasteiger partial charge in [0.15, 0.2) is 16.7 Å². The van der Waals surface area contributed by atoms with Crippen molar-refractivity contribution in [2.75, 3.05) is 24.7 Å². The molecule has 1 aliphatic heterocycles. The largest absolute Gasteiger partial charge is 0.490 e. The molecule has 0 fully saturated rings. The number of anilines is 1. The molecule has 1 aromatic carbocycles. The molecule has 3 N–H and O–H groups in total. The van der Waals surface area contributed by atoms with Gasteiger partial charge < -0.3 is 20.5 Å². The zero-order valence-corrected chi connectivity index (χ0v) is 18.5. The fraction of sp³-hybridized carbons (Fsp3) is 0.381. The standard InChI is InChI=1S/C21H24N4O3S2/c1-12(2)18(13-4-5-15-16(10-13)28-8-3-7-27-15)23-17(26)11-30-21-24-19(22)14-6-9-29-20(14)25-21/h4-6,9-10,12,18H,3,7-8,11H2,1-2H3,(H,23,26)(H2,22,24,25)/t18-/m1/s1. The van der Waals surface area contributed by atoms with Crippen molar-refractivity contribution >= 4 is 45.0 Å². The van der Waals surface area contributed by atoms with Gasteiger partial charge in [-0.25, -0.2) is 9.97 Å². The van der Waals surface area contributed by atoms with E-state index in [-0.39, 0.29) is 23.6 Å².